The maximum absolute atomic E-state index is 12.8. The van der Waals surface area contributed by atoms with Gasteiger partial charge in [-0.25, -0.2) is 4.39 Å². The topological polar surface area (TPSA) is 26.3 Å². The van der Waals surface area contributed by atoms with Crippen LogP contribution in [0.3, 0.4) is 0 Å². The van der Waals surface area contributed by atoms with E-state index in [-0.39, 0.29) is 17.7 Å². The van der Waals surface area contributed by atoms with E-state index >= 15 is 0 Å². The van der Waals surface area contributed by atoms with Crippen LogP contribution in [0.15, 0.2) is 54.6 Å². The van der Waals surface area contributed by atoms with Gasteiger partial charge in [-0.1, -0.05) is 18.2 Å². The first-order valence-electron chi connectivity index (χ1n) is 6.79. The van der Waals surface area contributed by atoms with Gasteiger partial charge in [0.25, 0.3) is 0 Å². The first kappa shape index (κ1) is 15.0. The minimum Gasteiger partial charge on any atom is -0.491 e. The lowest BCUT2D eigenvalue weighted by atomic mass is 10.1. The maximum atomic E-state index is 12.8. The lowest BCUT2D eigenvalue weighted by Crippen LogP contribution is -2.05. The molecular formula is C18H17FO2. The average Bonchev–Trinajstić information content (AvgIpc) is 2.46. The zero-order chi connectivity index (χ0) is 15.2. The van der Waals surface area contributed by atoms with E-state index in [4.69, 9.17) is 4.74 Å². The quantitative estimate of drug-likeness (QED) is 0.596. The Morgan fingerprint density at radius 1 is 1.05 bits per heavy atom. The molecule has 0 amide bonds. The van der Waals surface area contributed by atoms with Crippen molar-refractivity contribution in [3.63, 3.8) is 0 Å². The summed E-state index contributed by atoms with van der Waals surface area (Å²) in [7, 11) is 0. The predicted molar refractivity (Wildman–Crippen MR) is 82.0 cm³/mol. The zero-order valence-corrected chi connectivity index (χ0v) is 12.0. The van der Waals surface area contributed by atoms with Gasteiger partial charge in [0.15, 0.2) is 5.78 Å². The molecule has 0 aromatic heterocycles. The Morgan fingerprint density at radius 2 is 1.67 bits per heavy atom. The van der Waals surface area contributed by atoms with Crippen LogP contribution in [-0.2, 0) is 0 Å². The molecule has 2 aromatic carbocycles. The molecule has 0 saturated carbocycles. The van der Waals surface area contributed by atoms with E-state index in [2.05, 4.69) is 0 Å². The summed E-state index contributed by atoms with van der Waals surface area (Å²) in [6, 6.07) is 13.0. The van der Waals surface area contributed by atoms with Crippen molar-refractivity contribution in [3.05, 3.63) is 71.6 Å². The molecule has 2 nitrogen and oxygen atoms in total. The molecule has 0 unspecified atom stereocenters. The number of carbonyl (C=O) groups excluding carboxylic acids is 1. The lowest BCUT2D eigenvalue weighted by Gasteiger charge is -2.09. The molecule has 0 aliphatic carbocycles. The highest BCUT2D eigenvalue weighted by molar-refractivity contribution is 6.06. The minimum absolute atomic E-state index is 0.131. The summed E-state index contributed by atoms with van der Waals surface area (Å²) in [4.78, 5) is 11.9. The maximum Gasteiger partial charge on any atom is 0.185 e. The summed E-state index contributed by atoms with van der Waals surface area (Å²) in [5, 5.41) is 0. The Balaban J connectivity index is 2.03. The van der Waals surface area contributed by atoms with Gasteiger partial charge in [-0.05, 0) is 61.9 Å². The molecule has 108 valence electrons. The smallest absolute Gasteiger partial charge is 0.185 e. The molecular weight excluding hydrogens is 267 g/mol. The standard InChI is InChI=1S/C18H17FO2/c1-13(2)21-17-10-3-14(4-11-17)5-12-18(20)15-6-8-16(19)9-7-15/h3-13H,1-2H3. The molecule has 0 fully saturated rings. The van der Waals surface area contributed by atoms with E-state index in [1.165, 1.54) is 30.3 Å². The number of carbonyl (C=O) groups is 1. The molecule has 0 heterocycles. The highest BCUT2D eigenvalue weighted by atomic mass is 19.1. The first-order valence-corrected chi connectivity index (χ1v) is 6.79. The molecule has 3 heteroatoms. The highest BCUT2D eigenvalue weighted by Crippen LogP contribution is 2.15. The zero-order valence-electron chi connectivity index (χ0n) is 12.0. The highest BCUT2D eigenvalue weighted by Gasteiger charge is 2.02. The van der Waals surface area contributed by atoms with Crippen LogP contribution in [0.4, 0.5) is 4.39 Å². The Morgan fingerprint density at radius 3 is 2.24 bits per heavy atom. The van der Waals surface area contributed by atoms with Crippen molar-refractivity contribution in [2.24, 2.45) is 0 Å². The van der Waals surface area contributed by atoms with E-state index in [1.807, 2.05) is 38.1 Å². The second kappa shape index (κ2) is 6.84. The number of allylic oxidation sites excluding steroid dienone is 1. The molecule has 0 radical (unpaired) electrons. The summed E-state index contributed by atoms with van der Waals surface area (Å²) in [6.07, 6.45) is 3.34. The van der Waals surface area contributed by atoms with E-state index in [0.29, 0.717) is 5.56 Å². The van der Waals surface area contributed by atoms with Crippen molar-refractivity contribution < 1.29 is 13.9 Å². The summed E-state index contributed by atoms with van der Waals surface area (Å²) in [5.41, 5.74) is 1.37. The van der Waals surface area contributed by atoms with Gasteiger partial charge in [0.05, 0.1) is 6.10 Å². The van der Waals surface area contributed by atoms with E-state index < -0.39 is 0 Å². The van der Waals surface area contributed by atoms with Crippen LogP contribution in [0.5, 0.6) is 5.75 Å². The molecule has 0 saturated heterocycles. The van der Waals surface area contributed by atoms with Gasteiger partial charge in [0.1, 0.15) is 11.6 Å². The molecule has 0 N–H and O–H groups in total. The van der Waals surface area contributed by atoms with Crippen LogP contribution in [0.1, 0.15) is 29.8 Å². The molecule has 0 spiro atoms. The Bertz CT molecular complexity index is 625. The Labute approximate surface area is 123 Å². The minimum atomic E-state index is -0.351. The Hall–Kier alpha value is -2.42. The number of ether oxygens (including phenoxy) is 1. The molecule has 21 heavy (non-hydrogen) atoms. The van der Waals surface area contributed by atoms with Crippen molar-refractivity contribution in [2.45, 2.75) is 20.0 Å². The van der Waals surface area contributed by atoms with Gasteiger partial charge in [0, 0.05) is 5.56 Å². The van der Waals surface area contributed by atoms with E-state index in [9.17, 15) is 9.18 Å². The average molecular weight is 284 g/mol. The van der Waals surface area contributed by atoms with Crippen LogP contribution in [0, 0.1) is 5.82 Å². The number of rotatable bonds is 5. The van der Waals surface area contributed by atoms with Crippen molar-refractivity contribution in [1.29, 1.82) is 0 Å². The Kier molecular flexibility index (Phi) is 4.88. The third-order valence-corrected chi connectivity index (χ3v) is 2.81. The SMILES string of the molecule is CC(C)Oc1ccc(C=CC(=O)c2ccc(F)cc2)cc1. The monoisotopic (exact) mass is 284 g/mol. The number of halogens is 1. The summed E-state index contributed by atoms with van der Waals surface area (Å²) in [6.45, 7) is 3.93. The second-order valence-corrected chi connectivity index (χ2v) is 4.94. The van der Waals surface area contributed by atoms with Crippen molar-refractivity contribution in [3.8, 4) is 5.75 Å². The van der Waals surface area contributed by atoms with Gasteiger partial charge in [-0.3, -0.25) is 4.79 Å². The van der Waals surface area contributed by atoms with Crippen LogP contribution in [-0.4, -0.2) is 11.9 Å². The van der Waals surface area contributed by atoms with Crippen molar-refractivity contribution in [2.75, 3.05) is 0 Å². The summed E-state index contributed by atoms with van der Waals surface area (Å²) < 4.78 is 18.3. The molecule has 2 rings (SSSR count). The second-order valence-electron chi connectivity index (χ2n) is 4.94. The fourth-order valence-electron chi connectivity index (χ4n) is 1.81. The van der Waals surface area contributed by atoms with Crippen molar-refractivity contribution >= 4 is 11.9 Å². The first-order chi connectivity index (χ1) is 10.0. The van der Waals surface area contributed by atoms with Gasteiger partial charge in [-0.2, -0.15) is 0 Å². The lowest BCUT2D eigenvalue weighted by molar-refractivity contribution is 0.104. The normalized spacial score (nSPS) is 11.0. The largest absolute Gasteiger partial charge is 0.491 e. The molecule has 2 aromatic rings. The number of ketones is 1. The van der Waals surface area contributed by atoms with Crippen molar-refractivity contribution in [1.82, 2.24) is 0 Å². The fraction of sp³-hybridized carbons (Fsp3) is 0.167. The molecule has 0 bridgehead atoms. The summed E-state index contributed by atoms with van der Waals surface area (Å²) >= 11 is 0. The van der Waals surface area contributed by atoms with E-state index in [1.54, 1.807) is 6.08 Å². The number of hydrogen-bond donors (Lipinski definition) is 0. The predicted octanol–water partition coefficient (Wildman–Crippen LogP) is 4.51. The molecule has 0 aliphatic rings. The number of hydrogen-bond acceptors (Lipinski definition) is 2. The molecule has 0 aliphatic heterocycles. The third-order valence-electron chi connectivity index (χ3n) is 2.81. The molecule has 0 atom stereocenters. The third kappa shape index (κ3) is 4.56. The fourth-order valence-corrected chi connectivity index (χ4v) is 1.81. The van der Waals surface area contributed by atoms with Crippen LogP contribution >= 0.6 is 0 Å². The van der Waals surface area contributed by atoms with Gasteiger partial charge in [-0.15, -0.1) is 0 Å². The number of benzene rings is 2. The van der Waals surface area contributed by atoms with Crippen LogP contribution in [0.25, 0.3) is 6.08 Å². The van der Waals surface area contributed by atoms with Crippen LogP contribution < -0.4 is 4.74 Å². The summed E-state index contributed by atoms with van der Waals surface area (Å²) in [5.74, 6) is 0.292. The van der Waals surface area contributed by atoms with Gasteiger partial charge in [0.2, 0.25) is 0 Å². The van der Waals surface area contributed by atoms with Gasteiger partial charge < -0.3 is 4.74 Å². The van der Waals surface area contributed by atoms with Crippen LogP contribution in [0.2, 0.25) is 0 Å². The van der Waals surface area contributed by atoms with Gasteiger partial charge >= 0.3 is 0 Å². The van der Waals surface area contributed by atoms with E-state index in [0.717, 1.165) is 11.3 Å².